The van der Waals surface area contributed by atoms with Crippen molar-refractivity contribution >= 4 is 34.1 Å². The molecule has 4 aliphatic rings. The van der Waals surface area contributed by atoms with Gasteiger partial charge in [-0.2, -0.15) is 0 Å². The van der Waals surface area contributed by atoms with E-state index in [4.69, 9.17) is 0 Å². The molecule has 0 aliphatic heterocycles. The third-order valence-electron chi connectivity index (χ3n) is 16.6. The fraction of sp³-hybridized carbons (Fsp3) is 0.118. The SMILES string of the molecule is c1ccc(-c2ccccc2N(c2ccccc2)c2cccc3c2C24c5c(cccc5N(c5ccccc5)c5ccc6c(c5)C(c5ccccc5)(c5ccccc5)c5ccccc5-6)CC2CCC4C3)cc1. The Hall–Kier alpha value is -8.20. The molecule has 0 N–H and O–H groups in total. The van der Waals surface area contributed by atoms with E-state index in [0.717, 1.165) is 12.8 Å². The topological polar surface area (TPSA) is 6.48 Å². The van der Waals surface area contributed by atoms with Crippen LogP contribution in [-0.2, 0) is 23.7 Å². The van der Waals surface area contributed by atoms with E-state index < -0.39 is 5.41 Å². The summed E-state index contributed by atoms with van der Waals surface area (Å²) < 4.78 is 0. The molecule has 10 aromatic rings. The first-order chi connectivity index (χ1) is 34.7. The summed E-state index contributed by atoms with van der Waals surface area (Å²) >= 11 is 0. The van der Waals surface area contributed by atoms with Gasteiger partial charge in [-0.25, -0.2) is 0 Å². The standard InChI is InChI=1S/C68H52N2/c1-6-22-47(23-7-1)57-34-17-19-37-62(57)70(55-32-14-5-15-33-55)64-39-21-25-49-45-53-41-40-52-44-48-24-20-38-63(65(48)68(52,53)66(49)64)69(54-30-12-4-13-31-54)56-42-43-59-58-35-16-18-36-60(58)67(61(59)46-56,50-26-8-2-9-27-50)51-28-10-3-11-29-51/h1-39,42-43,46,52-53H,40-41,44-45H2. The lowest BCUT2D eigenvalue weighted by Gasteiger charge is -2.40. The molecular formula is C68H52N2. The van der Waals surface area contributed by atoms with E-state index >= 15 is 0 Å². The summed E-state index contributed by atoms with van der Waals surface area (Å²) in [5, 5.41) is 0. The average Bonchev–Trinajstić information content (AvgIpc) is 4.15. The fourth-order valence-corrected chi connectivity index (χ4v) is 14.1. The van der Waals surface area contributed by atoms with E-state index in [0.29, 0.717) is 11.8 Å². The maximum atomic E-state index is 2.62. The van der Waals surface area contributed by atoms with Gasteiger partial charge in [-0.05, 0) is 153 Å². The monoisotopic (exact) mass is 896 g/mol. The highest BCUT2D eigenvalue weighted by Gasteiger charge is 2.62. The number of fused-ring (bicyclic) bond motifs is 5. The Morgan fingerprint density at radius 2 is 0.786 bits per heavy atom. The van der Waals surface area contributed by atoms with E-state index in [-0.39, 0.29) is 5.41 Å². The zero-order valence-corrected chi connectivity index (χ0v) is 39.1. The summed E-state index contributed by atoms with van der Waals surface area (Å²) in [5.74, 6) is 0.961. The second kappa shape index (κ2) is 16.2. The normalized spacial score (nSPS) is 18.5. The largest absolute Gasteiger partial charge is 0.310 e. The van der Waals surface area contributed by atoms with Crippen LogP contribution < -0.4 is 9.80 Å². The minimum Gasteiger partial charge on any atom is -0.310 e. The van der Waals surface area contributed by atoms with Crippen LogP contribution in [-0.4, -0.2) is 0 Å². The Labute approximate surface area is 411 Å². The smallest absolute Gasteiger partial charge is 0.0714 e. The molecule has 0 saturated heterocycles. The minimum absolute atomic E-state index is 0.190. The maximum Gasteiger partial charge on any atom is 0.0714 e. The van der Waals surface area contributed by atoms with Gasteiger partial charge in [-0.1, -0.05) is 200 Å². The Morgan fingerprint density at radius 3 is 1.39 bits per heavy atom. The first kappa shape index (κ1) is 40.8. The molecule has 0 bridgehead atoms. The molecule has 3 atom stereocenters. The van der Waals surface area contributed by atoms with Crippen molar-refractivity contribution in [3.63, 3.8) is 0 Å². The zero-order chi connectivity index (χ0) is 46.2. The van der Waals surface area contributed by atoms with Gasteiger partial charge in [0.2, 0.25) is 0 Å². The van der Waals surface area contributed by atoms with Gasteiger partial charge in [0.05, 0.1) is 22.5 Å². The molecule has 10 aromatic carbocycles. The summed E-state index contributed by atoms with van der Waals surface area (Å²) in [6, 6.07) is 95.6. The number of rotatable bonds is 9. The van der Waals surface area contributed by atoms with Gasteiger partial charge < -0.3 is 9.80 Å². The molecule has 0 aromatic heterocycles. The van der Waals surface area contributed by atoms with E-state index in [9.17, 15) is 0 Å². The van der Waals surface area contributed by atoms with Crippen LogP contribution in [0.2, 0.25) is 0 Å². The van der Waals surface area contributed by atoms with Gasteiger partial charge in [0, 0.05) is 28.0 Å². The molecule has 70 heavy (non-hydrogen) atoms. The van der Waals surface area contributed by atoms with Crippen molar-refractivity contribution in [3.8, 4) is 22.3 Å². The van der Waals surface area contributed by atoms with Crippen LogP contribution in [0.4, 0.5) is 34.1 Å². The molecule has 2 heteroatoms. The van der Waals surface area contributed by atoms with E-state index in [1.165, 1.54) is 114 Å². The van der Waals surface area contributed by atoms with Crippen molar-refractivity contribution < 1.29 is 0 Å². The number of hydrogen-bond donors (Lipinski definition) is 0. The molecule has 334 valence electrons. The highest BCUT2D eigenvalue weighted by atomic mass is 15.2. The number of benzene rings is 10. The van der Waals surface area contributed by atoms with Gasteiger partial charge in [0.25, 0.3) is 0 Å². The van der Waals surface area contributed by atoms with Crippen LogP contribution in [0.25, 0.3) is 22.3 Å². The molecule has 4 aliphatic carbocycles. The lowest BCUT2D eigenvalue weighted by Crippen LogP contribution is -2.34. The minimum atomic E-state index is -0.512. The molecule has 1 spiro atoms. The summed E-state index contributed by atoms with van der Waals surface area (Å²) in [6.07, 6.45) is 4.59. The highest BCUT2D eigenvalue weighted by molar-refractivity contribution is 5.93. The van der Waals surface area contributed by atoms with E-state index in [2.05, 4.69) is 265 Å². The first-order valence-corrected chi connectivity index (χ1v) is 25.2. The van der Waals surface area contributed by atoms with Crippen molar-refractivity contribution in [3.05, 3.63) is 299 Å². The van der Waals surface area contributed by atoms with Gasteiger partial charge in [-0.3, -0.25) is 0 Å². The second-order valence-corrected chi connectivity index (χ2v) is 19.9. The predicted molar refractivity (Wildman–Crippen MR) is 289 cm³/mol. The molecule has 14 rings (SSSR count). The van der Waals surface area contributed by atoms with Crippen LogP contribution >= 0.6 is 0 Å². The van der Waals surface area contributed by atoms with Gasteiger partial charge in [-0.15, -0.1) is 0 Å². The average molecular weight is 897 g/mol. The first-order valence-electron chi connectivity index (χ1n) is 25.2. The second-order valence-electron chi connectivity index (χ2n) is 19.9. The molecule has 0 radical (unpaired) electrons. The van der Waals surface area contributed by atoms with Crippen molar-refractivity contribution in [2.45, 2.75) is 36.5 Å². The van der Waals surface area contributed by atoms with E-state index in [1.54, 1.807) is 0 Å². The number of para-hydroxylation sites is 3. The molecule has 1 fully saturated rings. The fourth-order valence-electron chi connectivity index (χ4n) is 14.1. The Balaban J connectivity index is 1.02. The molecule has 3 unspecified atom stereocenters. The van der Waals surface area contributed by atoms with E-state index in [1.807, 2.05) is 0 Å². The van der Waals surface area contributed by atoms with Crippen LogP contribution in [0.1, 0.15) is 57.3 Å². The third-order valence-corrected chi connectivity index (χ3v) is 16.6. The summed E-state index contributed by atoms with van der Waals surface area (Å²) in [4.78, 5) is 5.21. The maximum absolute atomic E-state index is 2.62. The zero-order valence-electron chi connectivity index (χ0n) is 39.1. The Bertz CT molecular complexity index is 3520. The molecular weight excluding hydrogens is 845 g/mol. The summed E-state index contributed by atoms with van der Waals surface area (Å²) in [7, 11) is 0. The van der Waals surface area contributed by atoms with Crippen LogP contribution in [0, 0.1) is 11.8 Å². The van der Waals surface area contributed by atoms with Crippen molar-refractivity contribution in [2.24, 2.45) is 11.8 Å². The molecule has 2 nitrogen and oxygen atoms in total. The number of hydrogen-bond acceptors (Lipinski definition) is 2. The molecule has 0 heterocycles. The lowest BCUT2D eigenvalue weighted by atomic mass is 9.67. The van der Waals surface area contributed by atoms with Gasteiger partial charge >= 0.3 is 0 Å². The van der Waals surface area contributed by atoms with Crippen LogP contribution in [0.3, 0.4) is 0 Å². The number of anilines is 6. The van der Waals surface area contributed by atoms with Crippen molar-refractivity contribution in [1.29, 1.82) is 0 Å². The van der Waals surface area contributed by atoms with Crippen molar-refractivity contribution in [2.75, 3.05) is 9.80 Å². The van der Waals surface area contributed by atoms with Crippen LogP contribution in [0.15, 0.2) is 255 Å². The lowest BCUT2D eigenvalue weighted by molar-refractivity contribution is 0.350. The van der Waals surface area contributed by atoms with Crippen LogP contribution in [0.5, 0.6) is 0 Å². The summed E-state index contributed by atoms with van der Waals surface area (Å²) in [6.45, 7) is 0. The Kier molecular flexibility index (Phi) is 9.46. The highest BCUT2D eigenvalue weighted by Crippen LogP contribution is 2.69. The molecule has 0 amide bonds. The van der Waals surface area contributed by atoms with Gasteiger partial charge in [0.1, 0.15) is 0 Å². The van der Waals surface area contributed by atoms with Gasteiger partial charge in [0.15, 0.2) is 0 Å². The van der Waals surface area contributed by atoms with Crippen molar-refractivity contribution in [1.82, 2.24) is 0 Å². The molecule has 1 saturated carbocycles. The quantitative estimate of drug-likeness (QED) is 0.142. The predicted octanol–water partition coefficient (Wildman–Crippen LogP) is 17.1. The summed E-state index contributed by atoms with van der Waals surface area (Å²) in [5.41, 5.74) is 22.8. The number of nitrogens with zero attached hydrogens (tertiary/aromatic N) is 2. The third kappa shape index (κ3) is 5.86. The Morgan fingerprint density at radius 1 is 0.329 bits per heavy atom.